The number of cyclic esters (lactones) is 1. The van der Waals surface area contributed by atoms with Crippen LogP contribution in [0, 0.1) is 11.8 Å². The summed E-state index contributed by atoms with van der Waals surface area (Å²) in [4.78, 5) is 14.4. The van der Waals surface area contributed by atoms with Crippen LogP contribution < -0.4 is 0 Å². The topological polar surface area (TPSA) is 29.5 Å². The number of hydrogen-bond acceptors (Lipinski definition) is 3. The Bertz CT molecular complexity index is 491. The zero-order chi connectivity index (χ0) is 14.5. The van der Waals surface area contributed by atoms with Crippen molar-refractivity contribution in [3.05, 3.63) is 42.0 Å². The van der Waals surface area contributed by atoms with E-state index in [2.05, 4.69) is 29.2 Å². The average molecular weight is 285 g/mol. The van der Waals surface area contributed by atoms with Gasteiger partial charge in [0.1, 0.15) is 0 Å². The van der Waals surface area contributed by atoms with Crippen molar-refractivity contribution in [3.8, 4) is 0 Å². The van der Waals surface area contributed by atoms with Crippen LogP contribution in [0.4, 0.5) is 0 Å². The summed E-state index contributed by atoms with van der Waals surface area (Å²) in [5.41, 5.74) is 1.17. The van der Waals surface area contributed by atoms with Crippen LogP contribution in [0.25, 0.3) is 6.08 Å². The van der Waals surface area contributed by atoms with Gasteiger partial charge in [-0.05, 0) is 31.5 Å². The molecule has 0 unspecified atom stereocenters. The second kappa shape index (κ2) is 6.90. The van der Waals surface area contributed by atoms with Crippen LogP contribution in [0.3, 0.4) is 0 Å². The third kappa shape index (κ3) is 3.73. The summed E-state index contributed by atoms with van der Waals surface area (Å²) in [5.74, 6) is 0.186. The molecule has 2 saturated heterocycles. The predicted molar refractivity (Wildman–Crippen MR) is 83.7 cm³/mol. The Kier molecular flexibility index (Phi) is 4.71. The number of hydrogen-bond donors (Lipinski definition) is 0. The SMILES string of the molecule is O=C1OC[C@H](/C=C/c2ccccc2)[C@@H]1CN1CCCCC1. The van der Waals surface area contributed by atoms with E-state index in [1.54, 1.807) is 0 Å². The Morgan fingerprint density at radius 1 is 1.14 bits per heavy atom. The summed E-state index contributed by atoms with van der Waals surface area (Å²) in [5, 5.41) is 0. The number of carbonyl (C=O) groups is 1. The first kappa shape index (κ1) is 14.3. The van der Waals surface area contributed by atoms with Crippen molar-refractivity contribution in [2.75, 3.05) is 26.2 Å². The van der Waals surface area contributed by atoms with E-state index in [0.29, 0.717) is 6.61 Å². The van der Waals surface area contributed by atoms with E-state index in [-0.39, 0.29) is 17.8 Å². The van der Waals surface area contributed by atoms with E-state index >= 15 is 0 Å². The van der Waals surface area contributed by atoms with E-state index in [1.165, 1.54) is 24.8 Å². The van der Waals surface area contributed by atoms with Crippen LogP contribution in [0.1, 0.15) is 24.8 Å². The molecule has 112 valence electrons. The Morgan fingerprint density at radius 3 is 2.67 bits per heavy atom. The molecule has 3 rings (SSSR count). The third-order valence-electron chi connectivity index (χ3n) is 4.48. The lowest BCUT2D eigenvalue weighted by Gasteiger charge is -2.28. The number of piperidine rings is 1. The molecule has 2 heterocycles. The average Bonchev–Trinajstić information content (AvgIpc) is 2.88. The number of benzene rings is 1. The highest BCUT2D eigenvalue weighted by Crippen LogP contribution is 2.26. The van der Waals surface area contributed by atoms with Gasteiger partial charge in [0.15, 0.2) is 0 Å². The van der Waals surface area contributed by atoms with Gasteiger partial charge in [-0.25, -0.2) is 0 Å². The van der Waals surface area contributed by atoms with Gasteiger partial charge in [0.25, 0.3) is 0 Å². The highest BCUT2D eigenvalue weighted by Gasteiger charge is 2.36. The van der Waals surface area contributed by atoms with Crippen molar-refractivity contribution >= 4 is 12.0 Å². The monoisotopic (exact) mass is 285 g/mol. The lowest BCUT2D eigenvalue weighted by Crippen LogP contribution is -2.37. The molecule has 3 heteroatoms. The molecule has 0 aromatic heterocycles. The van der Waals surface area contributed by atoms with Crippen molar-refractivity contribution in [1.29, 1.82) is 0 Å². The highest BCUT2D eigenvalue weighted by molar-refractivity contribution is 5.75. The first-order chi connectivity index (χ1) is 10.3. The molecule has 2 aliphatic heterocycles. The second-order valence-electron chi connectivity index (χ2n) is 6.03. The zero-order valence-electron chi connectivity index (χ0n) is 12.4. The quantitative estimate of drug-likeness (QED) is 0.797. The molecule has 2 aliphatic rings. The van der Waals surface area contributed by atoms with Gasteiger partial charge in [-0.3, -0.25) is 4.79 Å². The molecule has 1 aromatic carbocycles. The molecular formula is C18H23NO2. The molecular weight excluding hydrogens is 262 g/mol. The summed E-state index contributed by atoms with van der Waals surface area (Å²) in [7, 11) is 0. The fraction of sp³-hybridized carbons (Fsp3) is 0.500. The molecule has 0 radical (unpaired) electrons. The van der Waals surface area contributed by atoms with Crippen molar-refractivity contribution in [2.24, 2.45) is 11.8 Å². The van der Waals surface area contributed by atoms with Crippen LogP contribution in [0.2, 0.25) is 0 Å². The number of rotatable bonds is 4. The number of esters is 1. The maximum Gasteiger partial charge on any atom is 0.310 e. The van der Waals surface area contributed by atoms with Crippen LogP contribution in [0.15, 0.2) is 36.4 Å². The molecule has 1 aromatic rings. The van der Waals surface area contributed by atoms with Crippen molar-refractivity contribution < 1.29 is 9.53 Å². The zero-order valence-corrected chi connectivity index (χ0v) is 12.4. The standard InChI is InChI=1S/C18H23NO2/c20-18-17(13-19-11-5-2-6-12-19)16(14-21-18)10-9-15-7-3-1-4-8-15/h1,3-4,7-10,16-17H,2,5-6,11-14H2/b10-9+/t16-,17-/m0/s1. The number of likely N-dealkylation sites (tertiary alicyclic amines) is 1. The van der Waals surface area contributed by atoms with Gasteiger partial charge in [0.2, 0.25) is 0 Å². The molecule has 0 saturated carbocycles. The van der Waals surface area contributed by atoms with Crippen LogP contribution >= 0.6 is 0 Å². The molecule has 3 nitrogen and oxygen atoms in total. The fourth-order valence-corrected chi connectivity index (χ4v) is 3.19. The molecule has 21 heavy (non-hydrogen) atoms. The van der Waals surface area contributed by atoms with Crippen LogP contribution in [-0.2, 0) is 9.53 Å². The second-order valence-corrected chi connectivity index (χ2v) is 6.03. The molecule has 0 spiro atoms. The van der Waals surface area contributed by atoms with E-state index in [1.807, 2.05) is 18.2 Å². The Labute approximate surface area is 126 Å². The first-order valence-corrected chi connectivity index (χ1v) is 7.95. The van der Waals surface area contributed by atoms with Crippen molar-refractivity contribution in [3.63, 3.8) is 0 Å². The number of ether oxygens (including phenoxy) is 1. The van der Waals surface area contributed by atoms with E-state index < -0.39 is 0 Å². The van der Waals surface area contributed by atoms with Gasteiger partial charge in [0.05, 0.1) is 12.5 Å². The maximum absolute atomic E-state index is 12.0. The fourth-order valence-electron chi connectivity index (χ4n) is 3.19. The lowest BCUT2D eigenvalue weighted by atomic mass is 9.93. The Balaban J connectivity index is 1.63. The summed E-state index contributed by atoms with van der Waals surface area (Å²) in [6.45, 7) is 3.63. The summed E-state index contributed by atoms with van der Waals surface area (Å²) >= 11 is 0. The van der Waals surface area contributed by atoms with Gasteiger partial charge in [-0.15, -0.1) is 0 Å². The molecule has 2 fully saturated rings. The van der Waals surface area contributed by atoms with Gasteiger partial charge < -0.3 is 9.64 Å². The predicted octanol–water partition coefficient (Wildman–Crippen LogP) is 2.97. The minimum atomic E-state index is -0.0247. The smallest absolute Gasteiger partial charge is 0.310 e. The largest absolute Gasteiger partial charge is 0.465 e. The van der Waals surface area contributed by atoms with Gasteiger partial charge >= 0.3 is 5.97 Å². The minimum absolute atomic E-state index is 0.00284. The molecule has 0 amide bonds. The Hall–Kier alpha value is -1.61. The van der Waals surface area contributed by atoms with E-state index in [9.17, 15) is 4.79 Å². The first-order valence-electron chi connectivity index (χ1n) is 7.95. The molecule has 0 N–H and O–H groups in total. The van der Waals surface area contributed by atoms with Crippen LogP contribution in [-0.4, -0.2) is 37.1 Å². The van der Waals surface area contributed by atoms with Gasteiger partial charge in [-0.1, -0.05) is 48.9 Å². The minimum Gasteiger partial charge on any atom is -0.465 e. The van der Waals surface area contributed by atoms with Gasteiger partial charge in [-0.2, -0.15) is 0 Å². The van der Waals surface area contributed by atoms with Gasteiger partial charge in [0, 0.05) is 12.5 Å². The number of carbonyl (C=O) groups excluding carboxylic acids is 1. The third-order valence-corrected chi connectivity index (χ3v) is 4.48. The molecule has 2 atom stereocenters. The van der Waals surface area contributed by atoms with E-state index in [0.717, 1.165) is 19.6 Å². The van der Waals surface area contributed by atoms with Crippen molar-refractivity contribution in [2.45, 2.75) is 19.3 Å². The Morgan fingerprint density at radius 2 is 1.90 bits per heavy atom. The summed E-state index contributed by atoms with van der Waals surface area (Å²) in [6, 6.07) is 10.2. The maximum atomic E-state index is 12.0. The normalized spacial score (nSPS) is 27.1. The van der Waals surface area contributed by atoms with E-state index in [4.69, 9.17) is 4.74 Å². The molecule has 0 aliphatic carbocycles. The molecule has 0 bridgehead atoms. The number of nitrogens with zero attached hydrogens (tertiary/aromatic N) is 1. The highest BCUT2D eigenvalue weighted by atomic mass is 16.5. The summed E-state index contributed by atoms with van der Waals surface area (Å²) in [6.07, 6.45) is 8.09. The van der Waals surface area contributed by atoms with Crippen molar-refractivity contribution in [1.82, 2.24) is 4.90 Å². The summed E-state index contributed by atoms with van der Waals surface area (Å²) < 4.78 is 5.29. The van der Waals surface area contributed by atoms with Crippen LogP contribution in [0.5, 0.6) is 0 Å². The lowest BCUT2D eigenvalue weighted by molar-refractivity contribution is -0.141.